The summed E-state index contributed by atoms with van der Waals surface area (Å²) < 4.78 is 0. The fraction of sp³-hybridized carbons (Fsp3) is 1.00. The molecule has 0 aromatic rings. The summed E-state index contributed by atoms with van der Waals surface area (Å²) in [4.78, 5) is 5.45. The van der Waals surface area contributed by atoms with Crippen molar-refractivity contribution in [2.45, 2.75) is 13.3 Å². The number of hydrogen-bond donors (Lipinski definition) is 0. The molecular weight excluding hydrogens is 146 g/mol. The lowest BCUT2D eigenvalue weighted by Gasteiger charge is -2.24. The molecule has 1 aliphatic heterocycles. The highest BCUT2D eigenvalue weighted by Gasteiger charge is 2.09. The molecule has 60 valence electrons. The van der Waals surface area contributed by atoms with Crippen molar-refractivity contribution in [2.24, 2.45) is 0 Å². The first-order chi connectivity index (χ1) is 4.93. The van der Waals surface area contributed by atoms with Gasteiger partial charge in [0.05, 0.1) is 6.61 Å². The molecule has 1 fully saturated rings. The quantitative estimate of drug-likeness (QED) is 0.620. The van der Waals surface area contributed by atoms with Gasteiger partial charge in [0.2, 0.25) is 0 Å². The van der Waals surface area contributed by atoms with Gasteiger partial charge in [-0.25, -0.2) is 0 Å². The van der Waals surface area contributed by atoms with Crippen molar-refractivity contribution in [2.75, 3.05) is 31.2 Å². The highest BCUT2D eigenvalue weighted by molar-refractivity contribution is 7.99. The largest absolute Gasteiger partial charge is 0.299 e. The van der Waals surface area contributed by atoms with Gasteiger partial charge in [-0.2, -0.15) is 16.8 Å². The number of rotatable bonds is 3. The van der Waals surface area contributed by atoms with Crippen molar-refractivity contribution < 1.29 is 4.84 Å². The third-order valence-corrected chi connectivity index (χ3v) is 2.39. The zero-order chi connectivity index (χ0) is 7.23. The van der Waals surface area contributed by atoms with Crippen molar-refractivity contribution in [3.63, 3.8) is 0 Å². The molecule has 2 nitrogen and oxygen atoms in total. The molecule has 0 amide bonds. The summed E-state index contributed by atoms with van der Waals surface area (Å²) >= 11 is 2.01. The maximum absolute atomic E-state index is 5.45. The Balaban J connectivity index is 2.02. The molecule has 0 spiro atoms. The lowest BCUT2D eigenvalue weighted by Crippen LogP contribution is -2.32. The van der Waals surface area contributed by atoms with Crippen LogP contribution in [0, 0.1) is 0 Å². The molecule has 1 heterocycles. The first-order valence-corrected chi connectivity index (χ1v) is 5.04. The molecule has 0 aliphatic carbocycles. The van der Waals surface area contributed by atoms with Gasteiger partial charge in [0.15, 0.2) is 0 Å². The van der Waals surface area contributed by atoms with E-state index in [9.17, 15) is 0 Å². The summed E-state index contributed by atoms with van der Waals surface area (Å²) in [6.45, 7) is 5.22. The summed E-state index contributed by atoms with van der Waals surface area (Å²) in [6, 6.07) is 0. The Labute approximate surface area is 66.9 Å². The second-order valence-corrected chi connectivity index (χ2v) is 3.60. The van der Waals surface area contributed by atoms with Crippen LogP contribution in [0.4, 0.5) is 0 Å². The SMILES string of the molecule is CCCON1CCSCC1. The van der Waals surface area contributed by atoms with Crippen molar-refractivity contribution in [3.8, 4) is 0 Å². The minimum Gasteiger partial charge on any atom is -0.299 e. The van der Waals surface area contributed by atoms with Crippen molar-refractivity contribution in [3.05, 3.63) is 0 Å². The highest BCUT2D eigenvalue weighted by atomic mass is 32.2. The highest BCUT2D eigenvalue weighted by Crippen LogP contribution is 2.08. The second-order valence-electron chi connectivity index (χ2n) is 2.37. The third kappa shape index (κ3) is 2.90. The zero-order valence-electron chi connectivity index (χ0n) is 6.51. The number of hydroxylamine groups is 2. The molecule has 0 radical (unpaired) electrons. The molecule has 3 heteroatoms. The minimum atomic E-state index is 0.880. The summed E-state index contributed by atoms with van der Waals surface area (Å²) in [5.41, 5.74) is 0. The van der Waals surface area contributed by atoms with Gasteiger partial charge in [0.25, 0.3) is 0 Å². The Kier molecular flexibility index (Phi) is 4.18. The average molecular weight is 161 g/mol. The van der Waals surface area contributed by atoms with Crippen LogP contribution in [0.2, 0.25) is 0 Å². The van der Waals surface area contributed by atoms with E-state index < -0.39 is 0 Å². The van der Waals surface area contributed by atoms with Gasteiger partial charge in [-0.1, -0.05) is 6.92 Å². The molecule has 1 saturated heterocycles. The van der Waals surface area contributed by atoms with E-state index in [0.29, 0.717) is 0 Å². The van der Waals surface area contributed by atoms with Crippen LogP contribution in [0.3, 0.4) is 0 Å². The van der Waals surface area contributed by atoms with Crippen LogP contribution >= 0.6 is 11.8 Å². The van der Waals surface area contributed by atoms with E-state index in [1.807, 2.05) is 11.8 Å². The molecule has 0 aromatic heterocycles. The molecular formula is C7H15NOS. The van der Waals surface area contributed by atoms with E-state index in [2.05, 4.69) is 12.0 Å². The van der Waals surface area contributed by atoms with E-state index >= 15 is 0 Å². The van der Waals surface area contributed by atoms with Gasteiger partial charge in [-0.05, 0) is 6.42 Å². The Morgan fingerprint density at radius 3 is 2.70 bits per heavy atom. The zero-order valence-corrected chi connectivity index (χ0v) is 7.32. The number of hydrogen-bond acceptors (Lipinski definition) is 3. The second kappa shape index (κ2) is 4.99. The first-order valence-electron chi connectivity index (χ1n) is 3.89. The fourth-order valence-electron chi connectivity index (χ4n) is 0.896. The van der Waals surface area contributed by atoms with Crippen LogP contribution in [-0.4, -0.2) is 36.3 Å². The summed E-state index contributed by atoms with van der Waals surface area (Å²) in [7, 11) is 0. The molecule has 0 unspecified atom stereocenters. The monoisotopic (exact) mass is 161 g/mol. The lowest BCUT2D eigenvalue weighted by molar-refractivity contribution is -0.152. The molecule has 0 N–H and O–H groups in total. The van der Waals surface area contributed by atoms with Gasteiger partial charge in [0, 0.05) is 24.6 Å². The molecule has 0 bridgehead atoms. The minimum absolute atomic E-state index is 0.880. The van der Waals surface area contributed by atoms with Gasteiger partial charge < -0.3 is 0 Å². The standard InChI is InChI=1S/C7H15NOS/c1-2-5-9-8-3-6-10-7-4-8/h2-7H2,1H3. The normalized spacial score (nSPS) is 21.3. The summed E-state index contributed by atoms with van der Waals surface area (Å²) in [5, 5.41) is 2.08. The third-order valence-electron chi connectivity index (χ3n) is 1.45. The van der Waals surface area contributed by atoms with Crippen LogP contribution < -0.4 is 0 Å². The first kappa shape index (κ1) is 8.37. The Morgan fingerprint density at radius 2 is 2.10 bits per heavy atom. The van der Waals surface area contributed by atoms with Gasteiger partial charge >= 0.3 is 0 Å². The average Bonchev–Trinajstić information content (AvgIpc) is 2.03. The van der Waals surface area contributed by atoms with Gasteiger partial charge in [-0.15, -0.1) is 0 Å². The van der Waals surface area contributed by atoms with Crippen molar-refractivity contribution in [1.82, 2.24) is 5.06 Å². The Morgan fingerprint density at radius 1 is 1.40 bits per heavy atom. The maximum Gasteiger partial charge on any atom is 0.0682 e. The van der Waals surface area contributed by atoms with E-state index in [1.165, 1.54) is 11.5 Å². The molecule has 1 aliphatic rings. The predicted molar refractivity (Wildman–Crippen MR) is 45.1 cm³/mol. The number of thioether (sulfide) groups is 1. The van der Waals surface area contributed by atoms with Crippen molar-refractivity contribution in [1.29, 1.82) is 0 Å². The fourth-order valence-corrected chi connectivity index (χ4v) is 1.77. The van der Waals surface area contributed by atoms with E-state index in [1.54, 1.807) is 0 Å². The van der Waals surface area contributed by atoms with Crippen LogP contribution in [-0.2, 0) is 4.84 Å². The molecule has 0 atom stereocenters. The Bertz CT molecular complexity index is 83.7. The van der Waals surface area contributed by atoms with Crippen LogP contribution in [0.5, 0.6) is 0 Å². The van der Waals surface area contributed by atoms with Crippen molar-refractivity contribution >= 4 is 11.8 Å². The summed E-state index contributed by atoms with van der Waals surface area (Å²) in [5.74, 6) is 2.45. The molecule has 1 rings (SSSR count). The van der Waals surface area contributed by atoms with Crippen LogP contribution in [0.15, 0.2) is 0 Å². The van der Waals surface area contributed by atoms with Crippen LogP contribution in [0.25, 0.3) is 0 Å². The van der Waals surface area contributed by atoms with E-state index in [4.69, 9.17) is 4.84 Å². The van der Waals surface area contributed by atoms with Crippen LogP contribution in [0.1, 0.15) is 13.3 Å². The topological polar surface area (TPSA) is 12.5 Å². The van der Waals surface area contributed by atoms with Gasteiger partial charge in [-0.3, -0.25) is 4.84 Å². The maximum atomic E-state index is 5.45. The van der Waals surface area contributed by atoms with E-state index in [0.717, 1.165) is 26.1 Å². The van der Waals surface area contributed by atoms with E-state index in [-0.39, 0.29) is 0 Å². The smallest absolute Gasteiger partial charge is 0.0682 e. The number of nitrogens with zero attached hydrogens (tertiary/aromatic N) is 1. The molecule has 0 aromatic carbocycles. The molecule has 0 saturated carbocycles. The lowest BCUT2D eigenvalue weighted by atomic mass is 10.5. The van der Waals surface area contributed by atoms with Gasteiger partial charge in [0.1, 0.15) is 0 Å². The Hall–Kier alpha value is 0.270. The molecule has 10 heavy (non-hydrogen) atoms. The summed E-state index contributed by atoms with van der Waals surface area (Å²) in [6.07, 6.45) is 1.11. The predicted octanol–water partition coefficient (Wildman–Crippen LogP) is 1.38.